The number of rotatable bonds is 3. The zero-order chi connectivity index (χ0) is 15.0. The van der Waals surface area contributed by atoms with E-state index in [-0.39, 0.29) is 10.8 Å². The minimum absolute atomic E-state index is 0.0488. The molecule has 2 heterocycles. The Morgan fingerprint density at radius 3 is 2.52 bits per heavy atom. The average Bonchev–Trinajstić information content (AvgIpc) is 2.84. The third-order valence-corrected chi connectivity index (χ3v) is 4.65. The highest BCUT2D eigenvalue weighted by Gasteiger charge is 2.20. The first kappa shape index (κ1) is 13.8. The van der Waals surface area contributed by atoms with Gasteiger partial charge in [0.25, 0.3) is 10.0 Å². The van der Waals surface area contributed by atoms with Crippen LogP contribution in [0, 0.1) is 13.8 Å². The Hall–Kier alpha value is -2.13. The fourth-order valence-electron chi connectivity index (χ4n) is 1.94. The largest absolute Gasteiger partial charge is 0.266 e. The van der Waals surface area contributed by atoms with Crippen molar-refractivity contribution in [2.45, 2.75) is 18.7 Å². The second kappa shape index (κ2) is 5.01. The van der Waals surface area contributed by atoms with Gasteiger partial charge in [0.15, 0.2) is 0 Å². The van der Waals surface area contributed by atoms with Gasteiger partial charge in [0.2, 0.25) is 5.95 Å². The van der Waals surface area contributed by atoms with E-state index < -0.39 is 10.0 Å². The molecule has 0 bridgehead atoms. The van der Waals surface area contributed by atoms with Crippen molar-refractivity contribution in [1.29, 1.82) is 0 Å². The van der Waals surface area contributed by atoms with Crippen LogP contribution in [0.25, 0.3) is 11.0 Å². The summed E-state index contributed by atoms with van der Waals surface area (Å²) >= 11 is 0.971. The molecule has 7 nitrogen and oxygen atoms in total. The first-order chi connectivity index (χ1) is 9.95. The van der Waals surface area contributed by atoms with E-state index in [9.17, 15) is 8.42 Å². The highest BCUT2D eigenvalue weighted by Crippen LogP contribution is 2.22. The summed E-state index contributed by atoms with van der Waals surface area (Å²) in [5.41, 5.74) is 2.27. The van der Waals surface area contributed by atoms with Gasteiger partial charge in [-0.2, -0.15) is 8.75 Å². The third-order valence-electron chi connectivity index (χ3n) is 2.75. The zero-order valence-corrected chi connectivity index (χ0v) is 12.9. The van der Waals surface area contributed by atoms with Crippen molar-refractivity contribution in [1.82, 2.24) is 18.7 Å². The Balaban J connectivity index is 2.06. The zero-order valence-electron chi connectivity index (χ0n) is 11.2. The lowest BCUT2D eigenvalue weighted by atomic mass is 10.3. The Labute approximate surface area is 125 Å². The van der Waals surface area contributed by atoms with Gasteiger partial charge in [-0.25, -0.2) is 23.1 Å². The Bertz CT molecular complexity index is 900. The molecule has 0 radical (unpaired) electrons. The molecule has 0 amide bonds. The van der Waals surface area contributed by atoms with Gasteiger partial charge in [0.1, 0.15) is 15.9 Å². The number of hydrogen-bond acceptors (Lipinski definition) is 7. The van der Waals surface area contributed by atoms with Crippen molar-refractivity contribution in [2.75, 3.05) is 4.72 Å². The molecule has 0 aliphatic heterocycles. The summed E-state index contributed by atoms with van der Waals surface area (Å²) in [6.07, 6.45) is 0. The molecule has 0 unspecified atom stereocenters. The summed E-state index contributed by atoms with van der Waals surface area (Å²) in [5.74, 6) is 0.0488. The van der Waals surface area contributed by atoms with Gasteiger partial charge in [-0.3, -0.25) is 0 Å². The molecule has 0 spiro atoms. The Morgan fingerprint density at radius 1 is 1.10 bits per heavy atom. The number of aryl methyl sites for hydroxylation is 2. The third kappa shape index (κ3) is 2.69. The molecule has 3 aromatic rings. The minimum atomic E-state index is -3.81. The quantitative estimate of drug-likeness (QED) is 0.791. The number of hydrogen-bond donors (Lipinski definition) is 1. The average molecular weight is 321 g/mol. The second-order valence-corrected chi connectivity index (χ2v) is 6.65. The summed E-state index contributed by atoms with van der Waals surface area (Å²) in [6, 6.07) is 6.59. The Morgan fingerprint density at radius 2 is 1.81 bits per heavy atom. The summed E-state index contributed by atoms with van der Waals surface area (Å²) < 4.78 is 35.4. The van der Waals surface area contributed by atoms with Crippen LogP contribution in [-0.2, 0) is 10.0 Å². The van der Waals surface area contributed by atoms with Crippen LogP contribution >= 0.6 is 11.7 Å². The van der Waals surface area contributed by atoms with E-state index in [1.165, 1.54) is 6.07 Å². The monoisotopic (exact) mass is 321 g/mol. The molecule has 0 atom stereocenters. The highest BCUT2D eigenvalue weighted by atomic mass is 32.2. The predicted octanol–water partition coefficient (Wildman–Crippen LogP) is 1.90. The number of benzene rings is 1. The van der Waals surface area contributed by atoms with Crippen LogP contribution < -0.4 is 4.72 Å². The lowest BCUT2D eigenvalue weighted by molar-refractivity contribution is 0.601. The smallest absolute Gasteiger partial charge is 0.247 e. The molecule has 21 heavy (non-hydrogen) atoms. The van der Waals surface area contributed by atoms with Gasteiger partial charge in [0, 0.05) is 11.4 Å². The molecule has 1 N–H and O–H groups in total. The molecule has 0 fully saturated rings. The first-order valence-electron chi connectivity index (χ1n) is 6.02. The minimum Gasteiger partial charge on any atom is -0.247 e. The van der Waals surface area contributed by atoms with Crippen molar-refractivity contribution in [3.8, 4) is 0 Å². The van der Waals surface area contributed by atoms with E-state index in [0.717, 1.165) is 11.7 Å². The molecule has 3 rings (SSSR count). The molecule has 0 aliphatic carbocycles. The van der Waals surface area contributed by atoms with Crippen molar-refractivity contribution >= 4 is 38.7 Å². The van der Waals surface area contributed by atoms with Gasteiger partial charge in [0.05, 0.1) is 11.7 Å². The van der Waals surface area contributed by atoms with E-state index in [1.54, 1.807) is 32.0 Å². The number of anilines is 1. The Kier molecular flexibility index (Phi) is 3.30. The van der Waals surface area contributed by atoms with Gasteiger partial charge >= 0.3 is 0 Å². The van der Waals surface area contributed by atoms with Crippen LogP contribution in [0.1, 0.15) is 11.4 Å². The van der Waals surface area contributed by atoms with E-state index in [4.69, 9.17) is 0 Å². The summed E-state index contributed by atoms with van der Waals surface area (Å²) in [5, 5.41) is 0. The lowest BCUT2D eigenvalue weighted by Crippen LogP contribution is -2.16. The van der Waals surface area contributed by atoms with E-state index in [1.807, 2.05) is 0 Å². The van der Waals surface area contributed by atoms with Crippen molar-refractivity contribution < 1.29 is 8.42 Å². The molecule has 2 aromatic heterocycles. The molecule has 108 valence electrons. The van der Waals surface area contributed by atoms with E-state index in [2.05, 4.69) is 23.4 Å². The molecular weight excluding hydrogens is 310 g/mol. The maximum atomic E-state index is 12.5. The number of nitrogens with one attached hydrogen (secondary N) is 1. The molecule has 9 heteroatoms. The van der Waals surface area contributed by atoms with Gasteiger partial charge in [-0.15, -0.1) is 0 Å². The van der Waals surface area contributed by atoms with E-state index >= 15 is 0 Å². The highest BCUT2D eigenvalue weighted by molar-refractivity contribution is 7.93. The second-order valence-electron chi connectivity index (χ2n) is 4.47. The maximum Gasteiger partial charge on any atom is 0.266 e. The van der Waals surface area contributed by atoms with Gasteiger partial charge in [-0.1, -0.05) is 6.07 Å². The van der Waals surface area contributed by atoms with Crippen molar-refractivity contribution in [3.63, 3.8) is 0 Å². The van der Waals surface area contributed by atoms with Crippen LogP contribution in [0.4, 0.5) is 5.95 Å². The molecule has 1 aromatic carbocycles. The number of aromatic nitrogens is 4. The summed E-state index contributed by atoms with van der Waals surface area (Å²) in [6.45, 7) is 3.55. The van der Waals surface area contributed by atoms with Crippen molar-refractivity contribution in [3.05, 3.63) is 35.7 Å². The predicted molar refractivity (Wildman–Crippen MR) is 79.7 cm³/mol. The van der Waals surface area contributed by atoms with Crippen LogP contribution in [-0.4, -0.2) is 27.1 Å². The number of fused-ring (bicyclic) bond motifs is 1. The fourth-order valence-corrected chi connectivity index (χ4v) is 3.66. The molecular formula is C12H11N5O2S2. The first-order valence-corrected chi connectivity index (χ1v) is 8.23. The van der Waals surface area contributed by atoms with Crippen LogP contribution in [0.3, 0.4) is 0 Å². The number of sulfonamides is 1. The normalized spacial score (nSPS) is 11.7. The van der Waals surface area contributed by atoms with Crippen LogP contribution in [0.5, 0.6) is 0 Å². The number of nitrogens with zero attached hydrogens (tertiary/aromatic N) is 4. The maximum absolute atomic E-state index is 12.5. The van der Waals surface area contributed by atoms with Gasteiger partial charge < -0.3 is 0 Å². The topological polar surface area (TPSA) is 97.7 Å². The lowest BCUT2D eigenvalue weighted by Gasteiger charge is -2.08. The SMILES string of the molecule is Cc1cc(C)nc(NS(=O)(=O)c2cccc3nsnc23)n1. The summed E-state index contributed by atoms with van der Waals surface area (Å²) in [7, 11) is -3.81. The standard InChI is InChI=1S/C12H11N5O2S2/c1-7-6-8(2)14-12(13-7)17-21(18,19)10-5-3-4-9-11(10)16-20-15-9/h3-6H,1-2H3,(H,13,14,17). The van der Waals surface area contributed by atoms with Crippen molar-refractivity contribution in [2.24, 2.45) is 0 Å². The molecule has 0 aliphatic rings. The van der Waals surface area contributed by atoms with Gasteiger partial charge in [-0.05, 0) is 32.0 Å². The van der Waals surface area contributed by atoms with Crippen LogP contribution in [0.15, 0.2) is 29.2 Å². The van der Waals surface area contributed by atoms with Crippen LogP contribution in [0.2, 0.25) is 0 Å². The van der Waals surface area contributed by atoms with E-state index in [0.29, 0.717) is 22.4 Å². The summed E-state index contributed by atoms with van der Waals surface area (Å²) in [4.78, 5) is 8.22. The molecule has 0 saturated heterocycles. The fraction of sp³-hybridized carbons (Fsp3) is 0.167. The molecule has 0 saturated carbocycles.